The van der Waals surface area contributed by atoms with Gasteiger partial charge in [0.25, 0.3) is 0 Å². The van der Waals surface area contributed by atoms with E-state index in [1.807, 2.05) is 0 Å². The molecule has 86 valence electrons. The van der Waals surface area contributed by atoms with Crippen LogP contribution in [-0.4, -0.2) is 38.1 Å². The fraction of sp³-hybridized carbons (Fsp3) is 0.538. The average Bonchev–Trinajstić information content (AvgIpc) is 2.36. The molecule has 0 aliphatic carbocycles. The lowest BCUT2D eigenvalue weighted by atomic mass is 9.79. The number of likely N-dealkylation sites (tertiary alicyclic amines) is 1. The van der Waals surface area contributed by atoms with Gasteiger partial charge in [-0.1, -0.05) is 36.1 Å². The molecule has 0 bridgehead atoms. The largest absolute Gasteiger partial charge is 0.400 e. The van der Waals surface area contributed by atoms with E-state index in [0.717, 1.165) is 39.6 Å². The molecule has 1 saturated heterocycles. The van der Waals surface area contributed by atoms with Gasteiger partial charge in [-0.05, 0) is 31.5 Å². The highest BCUT2D eigenvalue weighted by atomic mass is 16.2. The van der Waals surface area contributed by atoms with E-state index in [2.05, 4.69) is 35.2 Å². The monoisotopic (exact) mass is 217 g/mol. The minimum atomic E-state index is 0.432. The normalized spacial score (nSPS) is 17.6. The van der Waals surface area contributed by atoms with Crippen molar-refractivity contribution < 1.29 is 5.11 Å². The summed E-state index contributed by atoms with van der Waals surface area (Å²) in [6, 6.07) is 10.6. The molecule has 0 unspecified atom stereocenters. The van der Waals surface area contributed by atoms with Crippen LogP contribution in [0.15, 0.2) is 30.3 Å². The fourth-order valence-corrected chi connectivity index (χ4v) is 1.95. The van der Waals surface area contributed by atoms with Gasteiger partial charge in [0.2, 0.25) is 0 Å². The van der Waals surface area contributed by atoms with Crippen molar-refractivity contribution in [2.24, 2.45) is 0 Å². The van der Waals surface area contributed by atoms with Crippen molar-refractivity contribution in [1.82, 2.24) is 4.90 Å². The Kier molecular flexibility index (Phi) is 6.20. The van der Waals surface area contributed by atoms with Crippen molar-refractivity contribution in [2.75, 3.05) is 20.2 Å². The highest BCUT2D eigenvalue weighted by Gasteiger charge is 2.14. The molecule has 1 aromatic rings. The SMILES string of the molecule is CO.[B]C1CCN(Cc2ccccc2)CC1. The summed E-state index contributed by atoms with van der Waals surface area (Å²) in [5.41, 5.74) is 1.41. The van der Waals surface area contributed by atoms with Gasteiger partial charge in [-0.2, -0.15) is 0 Å². The summed E-state index contributed by atoms with van der Waals surface area (Å²) in [5, 5.41) is 7.00. The number of piperidine rings is 1. The van der Waals surface area contributed by atoms with Gasteiger partial charge in [0, 0.05) is 13.7 Å². The molecule has 1 fully saturated rings. The number of aliphatic hydroxyl groups is 1. The van der Waals surface area contributed by atoms with Crippen molar-refractivity contribution in [1.29, 1.82) is 0 Å². The molecule has 3 heteroatoms. The first-order valence-electron chi connectivity index (χ1n) is 5.81. The number of nitrogens with zero attached hydrogens (tertiary/aromatic N) is 1. The first-order chi connectivity index (χ1) is 7.84. The number of rotatable bonds is 2. The number of hydrogen-bond acceptors (Lipinski definition) is 2. The molecular weight excluding hydrogens is 197 g/mol. The summed E-state index contributed by atoms with van der Waals surface area (Å²) in [6.45, 7) is 3.37. The predicted octanol–water partition coefficient (Wildman–Crippen LogP) is 1.85. The summed E-state index contributed by atoms with van der Waals surface area (Å²) in [4.78, 5) is 2.48. The second-order valence-electron chi connectivity index (χ2n) is 4.10. The smallest absolute Gasteiger partial charge is 0.0700 e. The summed E-state index contributed by atoms with van der Waals surface area (Å²) < 4.78 is 0. The Morgan fingerprint density at radius 2 is 1.75 bits per heavy atom. The van der Waals surface area contributed by atoms with Crippen molar-refractivity contribution in [3.05, 3.63) is 35.9 Å². The van der Waals surface area contributed by atoms with Gasteiger partial charge in [0.15, 0.2) is 0 Å². The van der Waals surface area contributed by atoms with E-state index in [1.165, 1.54) is 5.56 Å². The van der Waals surface area contributed by atoms with Gasteiger partial charge in [-0.3, -0.25) is 4.90 Å². The maximum absolute atomic E-state index is 7.00. The molecule has 0 spiro atoms. The first-order valence-corrected chi connectivity index (χ1v) is 5.81. The lowest BCUT2D eigenvalue weighted by Crippen LogP contribution is -2.31. The van der Waals surface area contributed by atoms with Gasteiger partial charge in [-0.25, -0.2) is 0 Å². The van der Waals surface area contributed by atoms with Crippen LogP contribution in [0.25, 0.3) is 0 Å². The Balaban J connectivity index is 0.000000606. The summed E-state index contributed by atoms with van der Waals surface area (Å²) in [7, 11) is 6.86. The molecule has 1 heterocycles. The van der Waals surface area contributed by atoms with E-state index >= 15 is 0 Å². The zero-order valence-corrected chi connectivity index (χ0v) is 9.97. The third kappa shape index (κ3) is 4.37. The fourth-order valence-electron chi connectivity index (χ4n) is 1.95. The molecule has 2 rings (SSSR count). The van der Waals surface area contributed by atoms with Gasteiger partial charge < -0.3 is 5.11 Å². The molecule has 0 saturated carbocycles. The van der Waals surface area contributed by atoms with E-state index in [9.17, 15) is 0 Å². The van der Waals surface area contributed by atoms with Crippen LogP contribution in [0.4, 0.5) is 0 Å². The Bertz CT molecular complexity index is 271. The molecule has 1 aliphatic rings. The highest BCUT2D eigenvalue weighted by molar-refractivity contribution is 6.11. The lowest BCUT2D eigenvalue weighted by molar-refractivity contribution is 0.221. The molecule has 1 aromatic carbocycles. The molecule has 2 radical (unpaired) electrons. The van der Waals surface area contributed by atoms with Crippen molar-refractivity contribution in [3.63, 3.8) is 0 Å². The van der Waals surface area contributed by atoms with E-state index in [1.54, 1.807) is 0 Å². The third-order valence-electron chi connectivity index (χ3n) is 2.88. The van der Waals surface area contributed by atoms with Gasteiger partial charge in [-0.15, -0.1) is 0 Å². The maximum Gasteiger partial charge on any atom is 0.0700 e. The maximum atomic E-state index is 7.00. The lowest BCUT2D eigenvalue weighted by Gasteiger charge is -2.30. The average molecular weight is 217 g/mol. The van der Waals surface area contributed by atoms with Gasteiger partial charge >= 0.3 is 0 Å². The highest BCUT2D eigenvalue weighted by Crippen LogP contribution is 2.20. The molecule has 0 atom stereocenters. The van der Waals surface area contributed by atoms with Crippen LogP contribution in [-0.2, 0) is 6.54 Å². The Hall–Kier alpha value is -0.795. The van der Waals surface area contributed by atoms with E-state index in [0.29, 0.717) is 5.82 Å². The van der Waals surface area contributed by atoms with Crippen molar-refractivity contribution in [3.8, 4) is 0 Å². The number of aliphatic hydroxyl groups excluding tert-OH is 1. The zero-order valence-electron chi connectivity index (χ0n) is 9.97. The summed E-state index contributed by atoms with van der Waals surface area (Å²) in [5.74, 6) is 0.432. The van der Waals surface area contributed by atoms with Crippen LogP contribution >= 0.6 is 0 Å². The number of hydrogen-bond donors (Lipinski definition) is 1. The zero-order chi connectivity index (χ0) is 11.8. The van der Waals surface area contributed by atoms with Crippen LogP contribution in [0.3, 0.4) is 0 Å². The van der Waals surface area contributed by atoms with Crippen LogP contribution in [0.2, 0.25) is 5.82 Å². The Morgan fingerprint density at radius 3 is 2.31 bits per heavy atom. The summed E-state index contributed by atoms with van der Waals surface area (Å²) >= 11 is 0. The standard InChI is InChI=1S/C12H16BN.CH4O/c13-12-6-8-14(9-7-12)10-11-4-2-1-3-5-11;1-2/h1-5,12H,6-10H2;2H,1H3. The molecule has 1 N–H and O–H groups in total. The van der Waals surface area contributed by atoms with Crippen LogP contribution in [0, 0.1) is 0 Å². The van der Waals surface area contributed by atoms with Crippen molar-refractivity contribution >= 4 is 7.85 Å². The first kappa shape index (κ1) is 13.3. The molecule has 16 heavy (non-hydrogen) atoms. The third-order valence-corrected chi connectivity index (χ3v) is 2.88. The molecule has 0 aromatic heterocycles. The number of benzene rings is 1. The van der Waals surface area contributed by atoms with Gasteiger partial charge in [0.05, 0.1) is 7.85 Å². The Morgan fingerprint density at radius 1 is 1.19 bits per heavy atom. The molecule has 2 nitrogen and oxygen atoms in total. The Labute approximate surface area is 99.7 Å². The quantitative estimate of drug-likeness (QED) is 0.764. The van der Waals surface area contributed by atoms with Crippen molar-refractivity contribution in [2.45, 2.75) is 25.2 Å². The molecule has 1 aliphatic heterocycles. The molecule has 0 amide bonds. The second-order valence-corrected chi connectivity index (χ2v) is 4.10. The van der Waals surface area contributed by atoms with E-state index < -0.39 is 0 Å². The second kappa shape index (κ2) is 7.47. The minimum absolute atomic E-state index is 0.432. The topological polar surface area (TPSA) is 23.5 Å². The van der Waals surface area contributed by atoms with E-state index in [-0.39, 0.29) is 0 Å². The van der Waals surface area contributed by atoms with Crippen LogP contribution in [0.5, 0.6) is 0 Å². The van der Waals surface area contributed by atoms with Crippen LogP contribution < -0.4 is 0 Å². The summed E-state index contributed by atoms with van der Waals surface area (Å²) in [6.07, 6.45) is 2.29. The van der Waals surface area contributed by atoms with E-state index in [4.69, 9.17) is 13.0 Å². The van der Waals surface area contributed by atoms with Gasteiger partial charge in [0.1, 0.15) is 0 Å². The molecular formula is C13H20BNO. The predicted molar refractivity (Wildman–Crippen MR) is 68.6 cm³/mol. The van der Waals surface area contributed by atoms with Crippen LogP contribution in [0.1, 0.15) is 18.4 Å². The minimum Gasteiger partial charge on any atom is -0.400 e.